The van der Waals surface area contributed by atoms with E-state index in [1.54, 1.807) is 0 Å². The number of aliphatic hydroxyl groups is 1. The molecule has 0 aromatic heterocycles. The van der Waals surface area contributed by atoms with Gasteiger partial charge in [0.15, 0.2) is 0 Å². The van der Waals surface area contributed by atoms with Crippen molar-refractivity contribution in [3.05, 3.63) is 0 Å². The fourth-order valence-electron chi connectivity index (χ4n) is 3.87. The van der Waals surface area contributed by atoms with Crippen molar-refractivity contribution in [2.45, 2.75) is 63.1 Å². The van der Waals surface area contributed by atoms with Gasteiger partial charge < -0.3 is 9.84 Å². The Balaban J connectivity index is 1.65. The topological polar surface area (TPSA) is 29.5 Å². The predicted molar refractivity (Wildman–Crippen MR) is 58.6 cm³/mol. The molecule has 3 unspecified atom stereocenters. The summed E-state index contributed by atoms with van der Waals surface area (Å²) in [5, 5.41) is 9.96. The second-order valence-electron chi connectivity index (χ2n) is 5.80. The molecule has 1 N–H and O–H groups in total. The van der Waals surface area contributed by atoms with Crippen LogP contribution in [0.3, 0.4) is 0 Å². The van der Waals surface area contributed by atoms with E-state index in [-0.39, 0.29) is 11.7 Å². The van der Waals surface area contributed by atoms with Gasteiger partial charge in [0, 0.05) is 6.61 Å². The molecule has 86 valence electrons. The summed E-state index contributed by atoms with van der Waals surface area (Å²) in [6.07, 6.45) is 9.81. The first-order valence-electron chi connectivity index (χ1n) is 6.61. The molecule has 1 spiro atoms. The second-order valence-corrected chi connectivity index (χ2v) is 5.80. The smallest absolute Gasteiger partial charge is 0.0685 e. The van der Waals surface area contributed by atoms with Crippen molar-refractivity contribution in [2.24, 2.45) is 11.8 Å². The Labute approximate surface area is 92.0 Å². The van der Waals surface area contributed by atoms with Gasteiger partial charge in [0.25, 0.3) is 0 Å². The van der Waals surface area contributed by atoms with Crippen LogP contribution in [0.5, 0.6) is 0 Å². The molecule has 0 aromatic rings. The zero-order valence-electron chi connectivity index (χ0n) is 9.45. The summed E-state index contributed by atoms with van der Waals surface area (Å²) < 4.78 is 5.94. The van der Waals surface area contributed by atoms with Crippen LogP contribution in [0.25, 0.3) is 0 Å². The minimum absolute atomic E-state index is 0.00905. The van der Waals surface area contributed by atoms with Gasteiger partial charge in [0.05, 0.1) is 11.7 Å². The van der Waals surface area contributed by atoms with Gasteiger partial charge >= 0.3 is 0 Å². The maximum Gasteiger partial charge on any atom is 0.0685 e. The Morgan fingerprint density at radius 2 is 1.93 bits per heavy atom. The molecule has 0 amide bonds. The van der Waals surface area contributed by atoms with Crippen LogP contribution in [0.1, 0.15) is 51.4 Å². The van der Waals surface area contributed by atoms with Crippen molar-refractivity contribution in [1.29, 1.82) is 0 Å². The summed E-state index contributed by atoms with van der Waals surface area (Å²) in [5.41, 5.74) is 0.255. The Hall–Kier alpha value is -0.0800. The molecule has 1 saturated heterocycles. The first-order chi connectivity index (χ1) is 7.29. The SMILES string of the molecule is OC1CCCC1C1CCOC2(CCC2)C1. The molecule has 3 aliphatic rings. The van der Waals surface area contributed by atoms with Gasteiger partial charge in [0.1, 0.15) is 0 Å². The van der Waals surface area contributed by atoms with Gasteiger partial charge in [0.2, 0.25) is 0 Å². The van der Waals surface area contributed by atoms with Gasteiger partial charge in [-0.05, 0) is 56.8 Å². The molecule has 2 saturated carbocycles. The lowest BCUT2D eigenvalue weighted by atomic mass is 9.68. The molecular weight excluding hydrogens is 188 g/mol. The Morgan fingerprint density at radius 3 is 2.53 bits per heavy atom. The van der Waals surface area contributed by atoms with E-state index in [1.165, 1.54) is 44.9 Å². The van der Waals surface area contributed by atoms with Crippen molar-refractivity contribution in [3.63, 3.8) is 0 Å². The first-order valence-corrected chi connectivity index (χ1v) is 6.61. The third kappa shape index (κ3) is 1.72. The van der Waals surface area contributed by atoms with E-state index in [0.29, 0.717) is 5.92 Å². The number of ether oxygens (including phenoxy) is 1. The zero-order valence-corrected chi connectivity index (χ0v) is 9.45. The number of hydrogen-bond donors (Lipinski definition) is 1. The molecule has 2 aliphatic carbocycles. The van der Waals surface area contributed by atoms with Gasteiger partial charge in [-0.3, -0.25) is 0 Å². The van der Waals surface area contributed by atoms with Crippen molar-refractivity contribution < 1.29 is 9.84 Å². The van der Waals surface area contributed by atoms with Crippen LogP contribution < -0.4 is 0 Å². The first kappa shape index (κ1) is 10.1. The maximum absolute atomic E-state index is 9.96. The number of aliphatic hydroxyl groups excluding tert-OH is 1. The van der Waals surface area contributed by atoms with Crippen LogP contribution in [0.2, 0.25) is 0 Å². The second kappa shape index (κ2) is 3.74. The highest BCUT2D eigenvalue weighted by Gasteiger charge is 2.45. The normalized spacial score (nSPS) is 44.2. The molecule has 1 aliphatic heterocycles. The lowest BCUT2D eigenvalue weighted by molar-refractivity contribution is -0.154. The van der Waals surface area contributed by atoms with Gasteiger partial charge in [-0.15, -0.1) is 0 Å². The number of hydrogen-bond acceptors (Lipinski definition) is 2. The average molecular weight is 210 g/mol. The quantitative estimate of drug-likeness (QED) is 0.720. The summed E-state index contributed by atoms with van der Waals surface area (Å²) in [6.45, 7) is 0.938. The van der Waals surface area contributed by atoms with E-state index < -0.39 is 0 Å². The Kier molecular flexibility index (Phi) is 2.52. The zero-order chi connectivity index (χ0) is 10.3. The molecule has 2 heteroatoms. The summed E-state index contributed by atoms with van der Waals surface area (Å²) in [5.74, 6) is 1.34. The van der Waals surface area contributed by atoms with Gasteiger partial charge in [-0.25, -0.2) is 0 Å². The van der Waals surface area contributed by atoms with Crippen molar-refractivity contribution in [1.82, 2.24) is 0 Å². The molecule has 3 rings (SSSR count). The highest BCUT2D eigenvalue weighted by Crippen LogP contribution is 2.48. The Morgan fingerprint density at radius 1 is 1.07 bits per heavy atom. The summed E-state index contributed by atoms with van der Waals surface area (Å²) in [7, 11) is 0. The lowest BCUT2D eigenvalue weighted by Crippen LogP contribution is -2.47. The van der Waals surface area contributed by atoms with Crippen LogP contribution in [-0.4, -0.2) is 23.4 Å². The van der Waals surface area contributed by atoms with Crippen LogP contribution in [0.15, 0.2) is 0 Å². The maximum atomic E-state index is 9.96. The third-order valence-electron chi connectivity index (χ3n) is 4.93. The third-order valence-corrected chi connectivity index (χ3v) is 4.93. The minimum Gasteiger partial charge on any atom is -0.393 e. The standard InChI is InChI=1S/C13H22O2/c14-12-4-1-3-11(12)10-5-8-15-13(9-10)6-2-7-13/h10-12,14H,1-9H2. The van der Waals surface area contributed by atoms with E-state index in [0.717, 1.165) is 18.9 Å². The van der Waals surface area contributed by atoms with Gasteiger partial charge in [-0.1, -0.05) is 6.42 Å². The van der Waals surface area contributed by atoms with Crippen LogP contribution in [0.4, 0.5) is 0 Å². The van der Waals surface area contributed by atoms with Crippen LogP contribution in [0, 0.1) is 11.8 Å². The van der Waals surface area contributed by atoms with E-state index in [2.05, 4.69) is 0 Å². The fourth-order valence-corrected chi connectivity index (χ4v) is 3.87. The molecule has 15 heavy (non-hydrogen) atoms. The molecule has 3 fully saturated rings. The molecule has 2 nitrogen and oxygen atoms in total. The molecular formula is C13H22O2. The summed E-state index contributed by atoms with van der Waals surface area (Å²) in [4.78, 5) is 0. The van der Waals surface area contributed by atoms with Crippen molar-refractivity contribution >= 4 is 0 Å². The van der Waals surface area contributed by atoms with Crippen molar-refractivity contribution in [2.75, 3.05) is 6.61 Å². The van der Waals surface area contributed by atoms with Crippen LogP contribution in [-0.2, 0) is 4.74 Å². The van der Waals surface area contributed by atoms with E-state index in [4.69, 9.17) is 4.74 Å². The monoisotopic (exact) mass is 210 g/mol. The van der Waals surface area contributed by atoms with E-state index >= 15 is 0 Å². The molecule has 0 bridgehead atoms. The summed E-state index contributed by atoms with van der Waals surface area (Å²) in [6, 6.07) is 0. The molecule has 0 radical (unpaired) electrons. The largest absolute Gasteiger partial charge is 0.393 e. The van der Waals surface area contributed by atoms with Gasteiger partial charge in [-0.2, -0.15) is 0 Å². The number of rotatable bonds is 1. The van der Waals surface area contributed by atoms with E-state index in [1.807, 2.05) is 0 Å². The van der Waals surface area contributed by atoms with Crippen molar-refractivity contribution in [3.8, 4) is 0 Å². The van der Waals surface area contributed by atoms with E-state index in [9.17, 15) is 5.11 Å². The fraction of sp³-hybridized carbons (Fsp3) is 1.00. The summed E-state index contributed by atoms with van der Waals surface area (Å²) >= 11 is 0. The lowest BCUT2D eigenvalue weighted by Gasteiger charge is -2.48. The average Bonchev–Trinajstić information content (AvgIpc) is 2.62. The highest BCUT2D eigenvalue weighted by atomic mass is 16.5. The molecule has 0 aromatic carbocycles. The molecule has 3 atom stereocenters. The predicted octanol–water partition coefficient (Wildman–Crippen LogP) is 2.50. The minimum atomic E-state index is -0.00905. The molecule has 1 heterocycles. The Bertz CT molecular complexity index is 235. The highest BCUT2D eigenvalue weighted by molar-refractivity contribution is 4.97. The van der Waals surface area contributed by atoms with Crippen LogP contribution >= 0.6 is 0 Å².